The zero-order valence-corrected chi connectivity index (χ0v) is 11.0. The largest absolute Gasteiger partial charge is 0.328 e. The molecule has 2 saturated carbocycles. The third-order valence-electron chi connectivity index (χ3n) is 4.82. The number of rotatable bonds is 1. The maximum atomic E-state index is 15.1. The second-order valence-electron chi connectivity index (χ2n) is 6.43. The Balaban J connectivity index is 1.77. The lowest BCUT2D eigenvalue weighted by Gasteiger charge is -2.59. The maximum absolute atomic E-state index is 15.1. The zero-order chi connectivity index (χ0) is 14.0. The molecule has 0 saturated heterocycles. The molecule has 0 atom stereocenters. The SMILES string of the molecule is NC1CC2(C1)CC(F)(c1n[nH]c(=O)c3ccccc13)C2. The molecule has 2 aliphatic rings. The molecule has 0 radical (unpaired) electrons. The highest BCUT2D eigenvalue weighted by Crippen LogP contribution is 2.65. The number of nitrogens with zero attached hydrogens (tertiary/aromatic N) is 1. The number of nitrogens with two attached hydrogens (primary N) is 1. The van der Waals surface area contributed by atoms with Crippen molar-refractivity contribution in [3.8, 4) is 0 Å². The molecule has 3 N–H and O–H groups in total. The number of aromatic amines is 1. The summed E-state index contributed by atoms with van der Waals surface area (Å²) in [5, 5.41) is 7.54. The molecule has 1 aromatic carbocycles. The summed E-state index contributed by atoms with van der Waals surface area (Å²) in [6, 6.07) is 7.28. The van der Waals surface area contributed by atoms with Crippen LogP contribution in [0, 0.1) is 5.41 Å². The Hall–Kier alpha value is -1.75. The van der Waals surface area contributed by atoms with Crippen molar-refractivity contribution in [1.82, 2.24) is 10.2 Å². The molecule has 2 aliphatic carbocycles. The molecule has 2 fully saturated rings. The number of H-pyrrole nitrogens is 1. The van der Waals surface area contributed by atoms with Crippen molar-refractivity contribution >= 4 is 10.8 Å². The van der Waals surface area contributed by atoms with Crippen LogP contribution in [0.25, 0.3) is 10.8 Å². The van der Waals surface area contributed by atoms with Gasteiger partial charge in [0, 0.05) is 11.4 Å². The summed E-state index contributed by atoms with van der Waals surface area (Å²) >= 11 is 0. The molecule has 1 aromatic heterocycles. The number of fused-ring (bicyclic) bond motifs is 1. The van der Waals surface area contributed by atoms with E-state index in [1.807, 2.05) is 6.07 Å². The Morgan fingerprint density at radius 3 is 2.55 bits per heavy atom. The Kier molecular flexibility index (Phi) is 2.20. The molecule has 4 nitrogen and oxygen atoms in total. The first-order valence-corrected chi connectivity index (χ1v) is 6.94. The lowest BCUT2D eigenvalue weighted by atomic mass is 9.48. The van der Waals surface area contributed by atoms with E-state index >= 15 is 4.39 Å². The fourth-order valence-corrected chi connectivity index (χ4v) is 4.10. The standard InChI is InChI=1S/C15H16FN3O/c16-15(7-14(8-15)5-9(17)6-14)12-10-3-1-2-4-11(10)13(20)19-18-12/h1-4,9H,5-8,17H2,(H,19,20). The number of nitrogens with one attached hydrogen (secondary N) is 1. The number of hydrogen-bond donors (Lipinski definition) is 2. The van der Waals surface area contributed by atoms with Crippen molar-refractivity contribution < 1.29 is 4.39 Å². The van der Waals surface area contributed by atoms with Crippen LogP contribution < -0.4 is 11.3 Å². The van der Waals surface area contributed by atoms with Gasteiger partial charge in [-0.05, 0) is 37.2 Å². The molecule has 0 unspecified atom stereocenters. The quantitative estimate of drug-likeness (QED) is 0.834. The molecule has 2 aromatic rings. The Morgan fingerprint density at radius 1 is 1.25 bits per heavy atom. The van der Waals surface area contributed by atoms with Gasteiger partial charge >= 0.3 is 0 Å². The predicted octanol–water partition coefficient (Wildman–Crippen LogP) is 1.99. The molecule has 1 heterocycles. The van der Waals surface area contributed by atoms with Gasteiger partial charge in [-0.15, -0.1) is 0 Å². The third kappa shape index (κ3) is 1.50. The van der Waals surface area contributed by atoms with E-state index < -0.39 is 5.67 Å². The van der Waals surface area contributed by atoms with Gasteiger partial charge in [0.05, 0.1) is 5.39 Å². The minimum absolute atomic E-state index is 0.0765. The van der Waals surface area contributed by atoms with E-state index in [2.05, 4.69) is 10.2 Å². The molecule has 0 bridgehead atoms. The van der Waals surface area contributed by atoms with Gasteiger partial charge in [-0.1, -0.05) is 18.2 Å². The second kappa shape index (κ2) is 3.67. The van der Waals surface area contributed by atoms with Crippen LogP contribution in [0.3, 0.4) is 0 Å². The zero-order valence-electron chi connectivity index (χ0n) is 11.0. The molecule has 5 heteroatoms. The molecular formula is C15H16FN3O. The first-order chi connectivity index (χ1) is 9.51. The summed E-state index contributed by atoms with van der Waals surface area (Å²) in [6.45, 7) is 0. The van der Waals surface area contributed by atoms with Crippen LogP contribution in [0.5, 0.6) is 0 Å². The highest BCUT2D eigenvalue weighted by molar-refractivity contribution is 5.84. The number of alkyl halides is 1. The summed E-state index contributed by atoms with van der Waals surface area (Å²) in [7, 11) is 0. The van der Waals surface area contributed by atoms with Crippen LogP contribution in [-0.2, 0) is 5.67 Å². The van der Waals surface area contributed by atoms with Gasteiger partial charge in [0.15, 0.2) is 5.67 Å². The van der Waals surface area contributed by atoms with E-state index in [1.165, 1.54) is 0 Å². The van der Waals surface area contributed by atoms with E-state index in [9.17, 15) is 4.79 Å². The first-order valence-electron chi connectivity index (χ1n) is 6.94. The Morgan fingerprint density at radius 2 is 1.90 bits per heavy atom. The molecule has 1 spiro atoms. The summed E-state index contributed by atoms with van der Waals surface area (Å²) in [5.41, 5.74) is 4.57. The Bertz CT molecular complexity index is 740. The average molecular weight is 273 g/mol. The highest BCUT2D eigenvalue weighted by atomic mass is 19.1. The highest BCUT2D eigenvalue weighted by Gasteiger charge is 2.62. The van der Waals surface area contributed by atoms with E-state index in [0.717, 1.165) is 12.8 Å². The van der Waals surface area contributed by atoms with Crippen molar-refractivity contribution in [2.75, 3.05) is 0 Å². The van der Waals surface area contributed by atoms with Crippen LogP contribution >= 0.6 is 0 Å². The molecule has 0 aliphatic heterocycles. The molecular weight excluding hydrogens is 257 g/mol. The minimum Gasteiger partial charge on any atom is -0.328 e. The van der Waals surface area contributed by atoms with Gasteiger partial charge in [-0.3, -0.25) is 4.79 Å². The number of benzene rings is 1. The third-order valence-corrected chi connectivity index (χ3v) is 4.82. The molecule has 104 valence electrons. The van der Waals surface area contributed by atoms with E-state index in [4.69, 9.17) is 5.73 Å². The van der Waals surface area contributed by atoms with E-state index in [1.54, 1.807) is 18.2 Å². The van der Waals surface area contributed by atoms with Gasteiger partial charge in [0.25, 0.3) is 5.56 Å². The lowest BCUT2D eigenvalue weighted by molar-refractivity contribution is -0.129. The lowest BCUT2D eigenvalue weighted by Crippen LogP contribution is -2.58. The van der Waals surface area contributed by atoms with Crippen LogP contribution in [0.2, 0.25) is 0 Å². The topological polar surface area (TPSA) is 71.8 Å². The smallest absolute Gasteiger partial charge is 0.272 e. The van der Waals surface area contributed by atoms with Gasteiger partial charge < -0.3 is 5.73 Å². The molecule has 4 rings (SSSR count). The van der Waals surface area contributed by atoms with Crippen LogP contribution in [0.1, 0.15) is 31.4 Å². The number of aromatic nitrogens is 2. The van der Waals surface area contributed by atoms with Crippen molar-refractivity contribution in [1.29, 1.82) is 0 Å². The van der Waals surface area contributed by atoms with Crippen molar-refractivity contribution in [2.45, 2.75) is 37.4 Å². The minimum atomic E-state index is -1.43. The summed E-state index contributed by atoms with van der Waals surface area (Å²) in [5.74, 6) is 0. The Labute approximate surface area is 115 Å². The normalized spacial score (nSPS) is 35.8. The first kappa shape index (κ1) is 12.0. The molecule has 0 amide bonds. The predicted molar refractivity (Wildman–Crippen MR) is 74.0 cm³/mol. The van der Waals surface area contributed by atoms with Gasteiger partial charge in [-0.2, -0.15) is 5.10 Å². The summed E-state index contributed by atoms with van der Waals surface area (Å²) in [6.07, 6.45) is 2.74. The number of halogens is 1. The molecule has 20 heavy (non-hydrogen) atoms. The van der Waals surface area contributed by atoms with Gasteiger partial charge in [0.1, 0.15) is 5.69 Å². The van der Waals surface area contributed by atoms with Gasteiger partial charge in [-0.25, -0.2) is 9.49 Å². The van der Waals surface area contributed by atoms with Crippen LogP contribution in [0.4, 0.5) is 4.39 Å². The van der Waals surface area contributed by atoms with Crippen molar-refractivity contribution in [3.63, 3.8) is 0 Å². The van der Waals surface area contributed by atoms with Crippen LogP contribution in [0.15, 0.2) is 29.1 Å². The fraction of sp³-hybridized carbons (Fsp3) is 0.467. The van der Waals surface area contributed by atoms with E-state index in [-0.39, 0.29) is 17.0 Å². The van der Waals surface area contributed by atoms with Crippen molar-refractivity contribution in [2.24, 2.45) is 11.1 Å². The second-order valence-corrected chi connectivity index (χ2v) is 6.43. The van der Waals surface area contributed by atoms with E-state index in [0.29, 0.717) is 29.3 Å². The maximum Gasteiger partial charge on any atom is 0.272 e. The fourth-order valence-electron chi connectivity index (χ4n) is 4.10. The van der Waals surface area contributed by atoms with Gasteiger partial charge in [0.2, 0.25) is 0 Å². The monoisotopic (exact) mass is 273 g/mol. The number of hydrogen-bond acceptors (Lipinski definition) is 3. The summed E-state index contributed by atoms with van der Waals surface area (Å²) in [4.78, 5) is 11.7. The van der Waals surface area contributed by atoms with Crippen LogP contribution in [-0.4, -0.2) is 16.2 Å². The van der Waals surface area contributed by atoms with Crippen molar-refractivity contribution in [3.05, 3.63) is 40.3 Å². The average Bonchev–Trinajstić information content (AvgIpc) is 2.36. The summed E-state index contributed by atoms with van der Waals surface area (Å²) < 4.78 is 15.1.